The normalized spacial score (nSPS) is 12.6. The number of nitrogens with zero attached hydrogens (tertiary/aromatic N) is 2. The van der Waals surface area contributed by atoms with Crippen LogP contribution < -0.4 is 0 Å². The van der Waals surface area contributed by atoms with Crippen LogP contribution in [0.4, 0.5) is 0 Å². The van der Waals surface area contributed by atoms with Crippen molar-refractivity contribution in [1.29, 1.82) is 0 Å². The molecule has 1 aromatic heterocycles. The van der Waals surface area contributed by atoms with Crippen LogP contribution in [0.2, 0.25) is 10.0 Å². The molecule has 4 nitrogen and oxygen atoms in total. The van der Waals surface area contributed by atoms with E-state index in [-0.39, 0.29) is 5.25 Å². The maximum Gasteiger partial charge on any atom is 0.247 e. The summed E-state index contributed by atoms with van der Waals surface area (Å²) < 4.78 is 10.7. The zero-order chi connectivity index (χ0) is 14.5. The topological polar surface area (TPSA) is 48.2 Å². The first-order valence-electron chi connectivity index (χ1n) is 6.01. The highest BCUT2D eigenvalue weighted by atomic mass is 35.5. The van der Waals surface area contributed by atoms with Gasteiger partial charge >= 0.3 is 0 Å². The third-order valence-corrected chi connectivity index (χ3v) is 4.45. The van der Waals surface area contributed by atoms with Gasteiger partial charge in [-0.2, -0.15) is 0 Å². The largest absolute Gasteiger partial charge is 0.420 e. The summed E-state index contributed by atoms with van der Waals surface area (Å²) in [6, 6.07) is 5.22. The summed E-state index contributed by atoms with van der Waals surface area (Å²) in [4.78, 5) is 0. The van der Waals surface area contributed by atoms with Crippen molar-refractivity contribution in [3.8, 4) is 11.5 Å². The minimum atomic E-state index is 0.120. The summed E-state index contributed by atoms with van der Waals surface area (Å²) in [5, 5.41) is 9.20. The average molecular weight is 333 g/mol. The molecule has 0 fully saturated rings. The summed E-state index contributed by atoms with van der Waals surface area (Å²) in [5.41, 5.74) is 0.757. The van der Waals surface area contributed by atoms with Crippen LogP contribution in [0.1, 0.15) is 18.1 Å². The lowest BCUT2D eigenvalue weighted by Crippen LogP contribution is -1.96. The van der Waals surface area contributed by atoms with Crippen molar-refractivity contribution >= 4 is 35.0 Å². The number of thioether (sulfide) groups is 1. The summed E-state index contributed by atoms with van der Waals surface area (Å²) in [6.07, 6.45) is 0. The number of ether oxygens (including phenoxy) is 1. The van der Waals surface area contributed by atoms with Crippen LogP contribution in [0.3, 0.4) is 0 Å². The molecular weight excluding hydrogens is 319 g/mol. The highest BCUT2D eigenvalue weighted by Gasteiger charge is 2.15. The fourth-order valence-corrected chi connectivity index (χ4v) is 2.68. The van der Waals surface area contributed by atoms with E-state index in [0.29, 0.717) is 28.4 Å². The highest BCUT2D eigenvalue weighted by molar-refractivity contribution is 7.99. The molecule has 2 rings (SSSR count). The van der Waals surface area contributed by atoms with E-state index >= 15 is 0 Å². The van der Waals surface area contributed by atoms with Gasteiger partial charge in [-0.15, -0.1) is 22.0 Å². The maximum atomic E-state index is 5.98. The molecule has 1 unspecified atom stereocenters. The second kappa shape index (κ2) is 7.31. The van der Waals surface area contributed by atoms with E-state index in [2.05, 4.69) is 10.2 Å². The van der Waals surface area contributed by atoms with Crippen molar-refractivity contribution in [2.75, 3.05) is 19.5 Å². The molecule has 108 valence electrons. The monoisotopic (exact) mass is 332 g/mol. The van der Waals surface area contributed by atoms with E-state index in [9.17, 15) is 0 Å². The van der Waals surface area contributed by atoms with Gasteiger partial charge < -0.3 is 9.15 Å². The summed E-state index contributed by atoms with van der Waals surface area (Å²) in [5.74, 6) is 1.91. The maximum absolute atomic E-state index is 5.98. The van der Waals surface area contributed by atoms with Crippen molar-refractivity contribution in [1.82, 2.24) is 10.2 Å². The predicted octanol–water partition coefficient (Wildman–Crippen LogP) is 4.48. The summed E-state index contributed by atoms with van der Waals surface area (Å²) in [7, 11) is 1.68. The molecule has 0 aliphatic carbocycles. The molecule has 0 saturated heterocycles. The molecule has 2 aromatic rings. The Morgan fingerprint density at radius 2 is 2.10 bits per heavy atom. The smallest absolute Gasteiger partial charge is 0.247 e. The van der Waals surface area contributed by atoms with Gasteiger partial charge in [0.2, 0.25) is 11.8 Å². The quantitative estimate of drug-likeness (QED) is 0.729. The zero-order valence-corrected chi connectivity index (χ0v) is 13.4. The minimum Gasteiger partial charge on any atom is -0.420 e. The zero-order valence-electron chi connectivity index (χ0n) is 11.1. The molecule has 0 N–H and O–H groups in total. The fraction of sp³-hybridized carbons (Fsp3) is 0.385. The first-order chi connectivity index (χ1) is 9.61. The Morgan fingerprint density at radius 1 is 1.30 bits per heavy atom. The van der Waals surface area contributed by atoms with Crippen LogP contribution in [0.25, 0.3) is 11.5 Å². The minimum absolute atomic E-state index is 0.120. The Morgan fingerprint density at radius 3 is 2.80 bits per heavy atom. The lowest BCUT2D eigenvalue weighted by molar-refractivity contribution is 0.218. The standard InChI is InChI=1S/C13H14Cl2N2O2S/c1-8(20-6-5-18-2)12-16-17-13(19-12)9-3-4-10(14)11(15)7-9/h3-4,7-8H,5-6H2,1-2H3. The molecule has 20 heavy (non-hydrogen) atoms. The number of hydrogen-bond acceptors (Lipinski definition) is 5. The van der Waals surface area contributed by atoms with Crippen molar-refractivity contribution in [3.63, 3.8) is 0 Å². The number of hydrogen-bond donors (Lipinski definition) is 0. The molecule has 0 spiro atoms. The number of methoxy groups -OCH3 is 1. The van der Waals surface area contributed by atoms with E-state index in [0.717, 1.165) is 11.3 Å². The molecule has 1 atom stereocenters. The molecule has 1 heterocycles. The van der Waals surface area contributed by atoms with Gasteiger partial charge in [-0.25, -0.2) is 0 Å². The Balaban J connectivity index is 2.09. The SMILES string of the molecule is COCCSC(C)c1nnc(-c2ccc(Cl)c(Cl)c2)o1. The molecular formula is C13H14Cl2N2O2S. The van der Waals surface area contributed by atoms with Crippen molar-refractivity contribution < 1.29 is 9.15 Å². The predicted molar refractivity (Wildman–Crippen MR) is 82.5 cm³/mol. The third kappa shape index (κ3) is 3.88. The number of rotatable bonds is 6. The van der Waals surface area contributed by atoms with Gasteiger partial charge in [0.15, 0.2) is 0 Å². The van der Waals surface area contributed by atoms with E-state index in [1.54, 1.807) is 37.1 Å². The number of halogens is 2. The Hall–Kier alpha value is -0.750. The lowest BCUT2D eigenvalue weighted by atomic mass is 10.2. The van der Waals surface area contributed by atoms with E-state index in [1.807, 2.05) is 6.92 Å². The van der Waals surface area contributed by atoms with E-state index in [4.69, 9.17) is 32.4 Å². The summed E-state index contributed by atoms with van der Waals surface area (Å²) >= 11 is 13.6. The van der Waals surface area contributed by atoms with Crippen LogP contribution in [0.15, 0.2) is 22.6 Å². The third-order valence-electron chi connectivity index (χ3n) is 2.61. The van der Waals surface area contributed by atoms with Crippen molar-refractivity contribution in [3.05, 3.63) is 34.1 Å². The highest BCUT2D eigenvalue weighted by Crippen LogP contribution is 2.31. The Labute approximate surface area is 131 Å². The van der Waals surface area contributed by atoms with Crippen LogP contribution in [0, 0.1) is 0 Å². The second-order valence-electron chi connectivity index (χ2n) is 4.08. The molecule has 7 heteroatoms. The molecule has 0 saturated carbocycles. The van der Waals surface area contributed by atoms with Crippen molar-refractivity contribution in [2.45, 2.75) is 12.2 Å². The Kier molecular flexibility index (Phi) is 5.72. The fourth-order valence-electron chi connectivity index (χ4n) is 1.52. The Bertz CT molecular complexity index is 577. The summed E-state index contributed by atoms with van der Waals surface area (Å²) in [6.45, 7) is 2.72. The van der Waals surface area contributed by atoms with Gasteiger partial charge in [-0.3, -0.25) is 0 Å². The molecule has 0 bridgehead atoms. The number of aromatic nitrogens is 2. The van der Waals surface area contributed by atoms with Gasteiger partial charge in [0.1, 0.15) is 0 Å². The van der Waals surface area contributed by atoms with Crippen LogP contribution in [-0.2, 0) is 4.74 Å². The average Bonchev–Trinajstić information content (AvgIpc) is 2.92. The van der Waals surface area contributed by atoms with Crippen molar-refractivity contribution in [2.24, 2.45) is 0 Å². The van der Waals surface area contributed by atoms with Gasteiger partial charge in [0.25, 0.3) is 0 Å². The van der Waals surface area contributed by atoms with Crippen LogP contribution >= 0.6 is 35.0 Å². The lowest BCUT2D eigenvalue weighted by Gasteiger charge is -2.05. The molecule has 0 amide bonds. The van der Waals surface area contributed by atoms with Gasteiger partial charge in [0, 0.05) is 18.4 Å². The van der Waals surface area contributed by atoms with E-state index < -0.39 is 0 Å². The molecule has 0 radical (unpaired) electrons. The second-order valence-corrected chi connectivity index (χ2v) is 6.34. The van der Waals surface area contributed by atoms with Gasteiger partial charge in [-0.1, -0.05) is 23.2 Å². The van der Waals surface area contributed by atoms with Crippen LogP contribution in [-0.4, -0.2) is 29.7 Å². The van der Waals surface area contributed by atoms with E-state index in [1.165, 1.54) is 0 Å². The van der Waals surface area contributed by atoms with Crippen LogP contribution in [0.5, 0.6) is 0 Å². The van der Waals surface area contributed by atoms with Gasteiger partial charge in [-0.05, 0) is 25.1 Å². The first-order valence-corrected chi connectivity index (χ1v) is 7.81. The van der Waals surface area contributed by atoms with Gasteiger partial charge in [0.05, 0.1) is 21.9 Å². The molecule has 1 aromatic carbocycles. The molecule has 0 aliphatic heterocycles. The number of benzene rings is 1. The molecule has 0 aliphatic rings. The first kappa shape index (κ1) is 15.6.